The molecule has 92 valence electrons. The van der Waals surface area contributed by atoms with Crippen LogP contribution in [0.3, 0.4) is 0 Å². The molecule has 2 aliphatic rings. The first kappa shape index (κ1) is 11.2. The Bertz CT molecular complexity index is 366. The van der Waals surface area contributed by atoms with Crippen LogP contribution in [0.4, 0.5) is 0 Å². The standard InChI is InChI=1S/C15H22N2/c16-15(9-4-10-15)12-17(14-7-8-14)11-13-5-2-1-3-6-13/h1-3,5-6,14H,4,7-12,16H2. The second kappa shape index (κ2) is 4.43. The first-order valence-electron chi connectivity index (χ1n) is 6.82. The van der Waals surface area contributed by atoms with Gasteiger partial charge in [0.15, 0.2) is 0 Å². The third kappa shape index (κ3) is 2.70. The van der Waals surface area contributed by atoms with Gasteiger partial charge in [0, 0.05) is 24.7 Å². The van der Waals surface area contributed by atoms with Gasteiger partial charge in [0.2, 0.25) is 0 Å². The Hall–Kier alpha value is -0.860. The lowest BCUT2D eigenvalue weighted by Crippen LogP contribution is -2.55. The molecule has 3 rings (SSSR count). The maximum Gasteiger partial charge on any atom is 0.0283 e. The van der Waals surface area contributed by atoms with Gasteiger partial charge in [-0.25, -0.2) is 0 Å². The SMILES string of the molecule is NC1(CN(Cc2ccccc2)C2CC2)CCC1. The van der Waals surface area contributed by atoms with Crippen LogP contribution in [0.25, 0.3) is 0 Å². The summed E-state index contributed by atoms with van der Waals surface area (Å²) in [6.07, 6.45) is 6.47. The largest absolute Gasteiger partial charge is 0.324 e. The zero-order chi connectivity index (χ0) is 11.7. The molecule has 0 atom stereocenters. The molecular weight excluding hydrogens is 208 g/mol. The molecule has 0 amide bonds. The molecule has 2 fully saturated rings. The predicted molar refractivity (Wildman–Crippen MR) is 70.6 cm³/mol. The number of nitrogens with zero attached hydrogens (tertiary/aromatic N) is 1. The summed E-state index contributed by atoms with van der Waals surface area (Å²) in [7, 11) is 0. The van der Waals surface area contributed by atoms with E-state index in [1.165, 1.54) is 37.7 Å². The van der Waals surface area contributed by atoms with E-state index in [4.69, 9.17) is 5.73 Å². The fourth-order valence-corrected chi connectivity index (χ4v) is 2.77. The normalized spacial score (nSPS) is 22.5. The van der Waals surface area contributed by atoms with E-state index in [2.05, 4.69) is 35.2 Å². The van der Waals surface area contributed by atoms with Gasteiger partial charge in [-0.3, -0.25) is 4.90 Å². The van der Waals surface area contributed by atoms with Gasteiger partial charge >= 0.3 is 0 Å². The fourth-order valence-electron chi connectivity index (χ4n) is 2.77. The number of nitrogens with two attached hydrogens (primary N) is 1. The number of benzene rings is 1. The molecule has 2 saturated carbocycles. The van der Waals surface area contributed by atoms with Crippen LogP contribution < -0.4 is 5.73 Å². The molecular formula is C15H22N2. The van der Waals surface area contributed by atoms with E-state index in [-0.39, 0.29) is 5.54 Å². The van der Waals surface area contributed by atoms with Crippen LogP contribution >= 0.6 is 0 Å². The lowest BCUT2D eigenvalue weighted by Gasteiger charge is -2.42. The minimum atomic E-state index is 0.122. The van der Waals surface area contributed by atoms with E-state index < -0.39 is 0 Å². The summed E-state index contributed by atoms with van der Waals surface area (Å²) in [4.78, 5) is 2.61. The smallest absolute Gasteiger partial charge is 0.0283 e. The Kier molecular flexibility index (Phi) is 2.93. The van der Waals surface area contributed by atoms with Crippen LogP contribution in [0.5, 0.6) is 0 Å². The van der Waals surface area contributed by atoms with Crippen LogP contribution in [0, 0.1) is 0 Å². The van der Waals surface area contributed by atoms with Gasteiger partial charge < -0.3 is 5.73 Å². The topological polar surface area (TPSA) is 29.3 Å². The monoisotopic (exact) mass is 230 g/mol. The Morgan fingerprint density at radius 3 is 2.41 bits per heavy atom. The van der Waals surface area contributed by atoms with Crippen molar-refractivity contribution in [2.45, 2.75) is 50.2 Å². The van der Waals surface area contributed by atoms with Crippen molar-refractivity contribution in [3.8, 4) is 0 Å². The van der Waals surface area contributed by atoms with E-state index in [1.54, 1.807) is 0 Å². The van der Waals surface area contributed by atoms with E-state index in [1.807, 2.05) is 0 Å². The van der Waals surface area contributed by atoms with Crippen LogP contribution in [0.1, 0.15) is 37.7 Å². The average Bonchev–Trinajstić information content (AvgIpc) is 3.11. The molecule has 0 spiro atoms. The second-order valence-electron chi connectivity index (χ2n) is 5.84. The first-order valence-corrected chi connectivity index (χ1v) is 6.82. The molecule has 2 aliphatic carbocycles. The van der Waals surface area contributed by atoms with Crippen molar-refractivity contribution in [2.24, 2.45) is 5.73 Å². The molecule has 17 heavy (non-hydrogen) atoms. The van der Waals surface area contributed by atoms with Crippen LogP contribution in [0.2, 0.25) is 0 Å². The number of hydrogen-bond donors (Lipinski definition) is 1. The van der Waals surface area contributed by atoms with Crippen molar-refractivity contribution in [1.29, 1.82) is 0 Å². The number of rotatable bonds is 5. The maximum atomic E-state index is 6.38. The number of hydrogen-bond acceptors (Lipinski definition) is 2. The summed E-state index contributed by atoms with van der Waals surface area (Å²) in [5.41, 5.74) is 7.92. The molecule has 0 saturated heterocycles. The highest BCUT2D eigenvalue weighted by Crippen LogP contribution is 2.35. The summed E-state index contributed by atoms with van der Waals surface area (Å²) in [6.45, 7) is 2.16. The summed E-state index contributed by atoms with van der Waals surface area (Å²) in [5, 5.41) is 0. The van der Waals surface area contributed by atoms with Crippen molar-refractivity contribution < 1.29 is 0 Å². The van der Waals surface area contributed by atoms with Gasteiger partial charge in [-0.05, 0) is 37.7 Å². The van der Waals surface area contributed by atoms with Crippen molar-refractivity contribution in [1.82, 2.24) is 4.90 Å². The Morgan fingerprint density at radius 1 is 1.18 bits per heavy atom. The molecule has 1 aromatic carbocycles. The van der Waals surface area contributed by atoms with Gasteiger partial charge in [-0.1, -0.05) is 30.3 Å². The highest BCUT2D eigenvalue weighted by molar-refractivity contribution is 5.15. The van der Waals surface area contributed by atoms with Crippen molar-refractivity contribution in [2.75, 3.05) is 6.54 Å². The summed E-state index contributed by atoms with van der Waals surface area (Å²) in [6, 6.07) is 11.6. The van der Waals surface area contributed by atoms with E-state index in [9.17, 15) is 0 Å². The molecule has 0 aliphatic heterocycles. The van der Waals surface area contributed by atoms with Crippen molar-refractivity contribution in [3.63, 3.8) is 0 Å². The van der Waals surface area contributed by atoms with Crippen LogP contribution in [0.15, 0.2) is 30.3 Å². The van der Waals surface area contributed by atoms with Crippen molar-refractivity contribution >= 4 is 0 Å². The second-order valence-corrected chi connectivity index (χ2v) is 5.84. The molecule has 2 heteroatoms. The Morgan fingerprint density at radius 2 is 1.88 bits per heavy atom. The molecule has 0 radical (unpaired) electrons. The Labute approximate surface area is 104 Å². The van der Waals surface area contributed by atoms with Gasteiger partial charge in [-0.15, -0.1) is 0 Å². The summed E-state index contributed by atoms with van der Waals surface area (Å²) >= 11 is 0. The lowest BCUT2D eigenvalue weighted by atomic mass is 9.77. The van der Waals surface area contributed by atoms with Crippen LogP contribution in [-0.4, -0.2) is 23.0 Å². The highest BCUT2D eigenvalue weighted by Gasteiger charge is 2.38. The van der Waals surface area contributed by atoms with Gasteiger partial charge in [-0.2, -0.15) is 0 Å². The molecule has 2 nitrogen and oxygen atoms in total. The molecule has 1 aromatic rings. The first-order chi connectivity index (χ1) is 8.25. The zero-order valence-corrected chi connectivity index (χ0v) is 10.4. The maximum absolute atomic E-state index is 6.38. The average molecular weight is 230 g/mol. The molecule has 0 aromatic heterocycles. The predicted octanol–water partition coefficient (Wildman–Crippen LogP) is 2.53. The quantitative estimate of drug-likeness (QED) is 0.842. The molecule has 0 heterocycles. The molecule has 0 bridgehead atoms. The Balaban J connectivity index is 1.64. The zero-order valence-electron chi connectivity index (χ0n) is 10.4. The van der Waals surface area contributed by atoms with Crippen molar-refractivity contribution in [3.05, 3.63) is 35.9 Å². The third-order valence-corrected chi connectivity index (χ3v) is 4.16. The van der Waals surface area contributed by atoms with E-state index in [0.717, 1.165) is 19.1 Å². The third-order valence-electron chi connectivity index (χ3n) is 4.16. The van der Waals surface area contributed by atoms with E-state index in [0.29, 0.717) is 0 Å². The fraction of sp³-hybridized carbons (Fsp3) is 0.600. The molecule has 0 unspecified atom stereocenters. The summed E-state index contributed by atoms with van der Waals surface area (Å²) in [5.74, 6) is 0. The minimum absolute atomic E-state index is 0.122. The van der Waals surface area contributed by atoms with E-state index >= 15 is 0 Å². The highest BCUT2D eigenvalue weighted by atomic mass is 15.2. The van der Waals surface area contributed by atoms with Gasteiger partial charge in [0.25, 0.3) is 0 Å². The van der Waals surface area contributed by atoms with Crippen LogP contribution in [-0.2, 0) is 6.54 Å². The molecule has 2 N–H and O–H groups in total. The summed E-state index contributed by atoms with van der Waals surface area (Å²) < 4.78 is 0. The minimum Gasteiger partial charge on any atom is -0.324 e. The lowest BCUT2D eigenvalue weighted by molar-refractivity contribution is 0.133. The van der Waals surface area contributed by atoms with Gasteiger partial charge in [0.05, 0.1) is 0 Å². The van der Waals surface area contributed by atoms with Gasteiger partial charge in [0.1, 0.15) is 0 Å².